The smallest absolute Gasteiger partial charge is 0.434 e. The molecule has 23 heavy (non-hydrogen) atoms. The van der Waals surface area contributed by atoms with Crippen LogP contribution in [0, 0.1) is 10.8 Å². The Bertz CT molecular complexity index is 500. The predicted octanol–water partition coefficient (Wildman–Crippen LogP) is 4.16. The molecule has 0 radical (unpaired) electrons. The Morgan fingerprint density at radius 2 is 2.13 bits per heavy atom. The number of fused-ring (bicyclic) bond motifs is 1. The topological polar surface area (TPSA) is 54.0 Å². The second kappa shape index (κ2) is 5.78. The van der Waals surface area contributed by atoms with E-state index in [0.717, 1.165) is 32.1 Å². The average Bonchev–Trinajstić information content (AvgIpc) is 2.51. The first-order valence-corrected chi connectivity index (χ1v) is 8.72. The van der Waals surface area contributed by atoms with Crippen molar-refractivity contribution in [2.24, 2.45) is 10.8 Å². The summed E-state index contributed by atoms with van der Waals surface area (Å²) in [5.74, 6) is 0. The lowest BCUT2D eigenvalue weighted by Crippen LogP contribution is -2.69. The molecule has 4 unspecified atom stereocenters. The van der Waals surface area contributed by atoms with Crippen LogP contribution < -0.4 is 0 Å². The molecule has 4 atom stereocenters. The van der Waals surface area contributed by atoms with Gasteiger partial charge in [0.15, 0.2) is 0 Å². The third-order valence-electron chi connectivity index (χ3n) is 6.07. The van der Waals surface area contributed by atoms with Crippen LogP contribution >= 0.6 is 0 Å². The summed E-state index contributed by atoms with van der Waals surface area (Å²) in [5, 5.41) is 0. The summed E-state index contributed by atoms with van der Waals surface area (Å²) in [6.45, 7) is 8.90. The molecule has 4 aliphatic rings. The molecule has 1 spiro atoms. The van der Waals surface area contributed by atoms with E-state index in [-0.39, 0.29) is 17.6 Å². The highest BCUT2D eigenvalue weighted by Crippen LogP contribution is 2.63. The van der Waals surface area contributed by atoms with Gasteiger partial charge in [0, 0.05) is 10.8 Å². The number of hydrogen-bond donors (Lipinski definition) is 0. The van der Waals surface area contributed by atoms with Gasteiger partial charge in [-0.25, -0.2) is 14.6 Å². The SMILES string of the molecule is CCCCOC(=O)OC1CCC2(C)CC3C=CC2(OO3)C1(C)C. The normalized spacial score (nSPS) is 40.5. The van der Waals surface area contributed by atoms with Gasteiger partial charge < -0.3 is 9.47 Å². The van der Waals surface area contributed by atoms with Crippen molar-refractivity contribution in [3.63, 3.8) is 0 Å². The molecule has 0 aromatic carbocycles. The van der Waals surface area contributed by atoms with Crippen LogP contribution in [-0.4, -0.2) is 30.6 Å². The van der Waals surface area contributed by atoms with Gasteiger partial charge in [-0.05, 0) is 31.8 Å². The first-order valence-electron chi connectivity index (χ1n) is 8.72. The van der Waals surface area contributed by atoms with E-state index >= 15 is 0 Å². The maximum absolute atomic E-state index is 12.0. The largest absolute Gasteiger partial charge is 0.508 e. The summed E-state index contributed by atoms with van der Waals surface area (Å²) >= 11 is 0. The van der Waals surface area contributed by atoms with Gasteiger partial charge >= 0.3 is 6.16 Å². The monoisotopic (exact) mass is 324 g/mol. The molecule has 2 fully saturated rings. The Balaban J connectivity index is 1.76. The number of rotatable bonds is 4. The third-order valence-corrected chi connectivity index (χ3v) is 6.07. The first-order chi connectivity index (χ1) is 10.8. The molecule has 2 heterocycles. The summed E-state index contributed by atoms with van der Waals surface area (Å²) in [5.41, 5.74) is -0.965. The van der Waals surface area contributed by atoms with Crippen molar-refractivity contribution in [3.8, 4) is 0 Å². The van der Waals surface area contributed by atoms with Gasteiger partial charge in [0.05, 0.1) is 6.61 Å². The van der Waals surface area contributed by atoms with Crippen LogP contribution in [0.2, 0.25) is 0 Å². The van der Waals surface area contributed by atoms with Crippen molar-refractivity contribution >= 4 is 6.16 Å². The Labute approximate surface area is 138 Å². The highest BCUT2D eigenvalue weighted by molar-refractivity contribution is 5.60. The van der Waals surface area contributed by atoms with E-state index in [0.29, 0.717) is 6.61 Å². The van der Waals surface area contributed by atoms with E-state index in [4.69, 9.17) is 19.2 Å². The Hall–Kier alpha value is -1.07. The molecule has 1 saturated heterocycles. The number of ether oxygens (including phenoxy) is 2. The van der Waals surface area contributed by atoms with Crippen LogP contribution in [0.4, 0.5) is 4.79 Å². The van der Waals surface area contributed by atoms with Crippen LogP contribution in [0.3, 0.4) is 0 Å². The van der Waals surface area contributed by atoms with E-state index in [1.807, 2.05) is 0 Å². The molecular weight excluding hydrogens is 296 g/mol. The molecule has 2 aliphatic heterocycles. The van der Waals surface area contributed by atoms with Crippen molar-refractivity contribution in [1.29, 1.82) is 0 Å². The molecule has 0 aromatic rings. The van der Waals surface area contributed by atoms with Crippen LogP contribution in [-0.2, 0) is 19.2 Å². The molecule has 0 aromatic heterocycles. The molecule has 2 bridgehead atoms. The van der Waals surface area contributed by atoms with Gasteiger partial charge in [0.2, 0.25) is 0 Å². The van der Waals surface area contributed by atoms with Gasteiger partial charge in [-0.15, -0.1) is 0 Å². The van der Waals surface area contributed by atoms with E-state index < -0.39 is 17.2 Å². The van der Waals surface area contributed by atoms with E-state index in [1.54, 1.807) is 0 Å². The lowest BCUT2D eigenvalue weighted by molar-refractivity contribution is -0.459. The number of unbranched alkanes of at least 4 members (excludes halogenated alkanes) is 1. The van der Waals surface area contributed by atoms with E-state index in [9.17, 15) is 4.79 Å². The van der Waals surface area contributed by atoms with Crippen molar-refractivity contribution in [2.75, 3.05) is 6.61 Å². The molecule has 0 amide bonds. The minimum absolute atomic E-state index is 0.000141. The Morgan fingerprint density at radius 1 is 1.35 bits per heavy atom. The fourth-order valence-electron chi connectivity index (χ4n) is 4.53. The second-order valence-electron chi connectivity index (χ2n) is 7.90. The zero-order valence-electron chi connectivity index (χ0n) is 14.6. The second-order valence-corrected chi connectivity index (χ2v) is 7.90. The number of carbonyl (C=O) groups is 1. The zero-order chi connectivity index (χ0) is 16.7. The van der Waals surface area contributed by atoms with Gasteiger partial charge in [-0.1, -0.05) is 40.2 Å². The highest BCUT2D eigenvalue weighted by Gasteiger charge is 2.68. The fourth-order valence-corrected chi connectivity index (χ4v) is 4.53. The zero-order valence-corrected chi connectivity index (χ0v) is 14.6. The van der Waals surface area contributed by atoms with Crippen LogP contribution in [0.1, 0.15) is 59.8 Å². The Morgan fingerprint density at radius 3 is 2.78 bits per heavy atom. The lowest BCUT2D eigenvalue weighted by atomic mass is 9.49. The van der Waals surface area contributed by atoms with Gasteiger partial charge in [-0.2, -0.15) is 0 Å². The maximum Gasteiger partial charge on any atom is 0.508 e. The summed E-state index contributed by atoms with van der Waals surface area (Å²) in [7, 11) is 0. The minimum atomic E-state index is -0.578. The van der Waals surface area contributed by atoms with Crippen LogP contribution in [0.5, 0.6) is 0 Å². The molecule has 5 heteroatoms. The predicted molar refractivity (Wildman–Crippen MR) is 84.7 cm³/mol. The van der Waals surface area contributed by atoms with E-state index in [1.165, 1.54) is 0 Å². The van der Waals surface area contributed by atoms with Gasteiger partial charge in [-0.3, -0.25) is 0 Å². The lowest BCUT2D eigenvalue weighted by Gasteiger charge is -2.64. The molecule has 5 nitrogen and oxygen atoms in total. The number of hydrogen-bond acceptors (Lipinski definition) is 5. The summed E-state index contributed by atoms with van der Waals surface area (Å²) in [6, 6.07) is 0. The maximum atomic E-state index is 12.0. The summed E-state index contributed by atoms with van der Waals surface area (Å²) in [4.78, 5) is 23.4. The highest BCUT2D eigenvalue weighted by atomic mass is 17.2. The molecule has 2 aliphatic carbocycles. The fraction of sp³-hybridized carbons (Fsp3) is 0.833. The molecule has 4 rings (SSSR count). The third kappa shape index (κ3) is 2.49. The van der Waals surface area contributed by atoms with Crippen molar-refractivity contribution < 1.29 is 24.0 Å². The molecule has 0 N–H and O–H groups in total. The molecule has 130 valence electrons. The standard InChI is InChI=1S/C18H28O5/c1-5-6-11-20-15(19)21-14-8-9-17(4)12-13-7-10-18(17,23-22-13)16(14,2)3/h7,10,13-14H,5-6,8-9,11-12H2,1-4H3. The quantitative estimate of drug-likeness (QED) is 0.336. The summed E-state index contributed by atoms with van der Waals surface area (Å²) < 4.78 is 10.8. The molecule has 1 saturated carbocycles. The Kier molecular flexibility index (Phi) is 4.21. The van der Waals surface area contributed by atoms with Crippen LogP contribution in [0.25, 0.3) is 0 Å². The van der Waals surface area contributed by atoms with Gasteiger partial charge in [0.25, 0.3) is 0 Å². The van der Waals surface area contributed by atoms with Gasteiger partial charge in [0.1, 0.15) is 17.8 Å². The van der Waals surface area contributed by atoms with E-state index in [2.05, 4.69) is 39.8 Å². The van der Waals surface area contributed by atoms with Crippen LogP contribution in [0.15, 0.2) is 12.2 Å². The van der Waals surface area contributed by atoms with Crippen molar-refractivity contribution in [2.45, 2.75) is 77.6 Å². The average molecular weight is 324 g/mol. The number of carbonyl (C=O) groups excluding carboxylic acids is 1. The first kappa shape index (κ1) is 16.8. The molecular formula is C18H28O5. The van der Waals surface area contributed by atoms with Crippen molar-refractivity contribution in [1.82, 2.24) is 0 Å². The van der Waals surface area contributed by atoms with Crippen molar-refractivity contribution in [3.05, 3.63) is 12.2 Å². The summed E-state index contributed by atoms with van der Waals surface area (Å²) in [6.07, 6.45) is 7.95. The minimum Gasteiger partial charge on any atom is -0.434 e.